The molecule has 0 bridgehead atoms. The van der Waals surface area contributed by atoms with E-state index in [1.165, 1.54) is 31.4 Å². The van der Waals surface area contributed by atoms with Gasteiger partial charge in [-0.3, -0.25) is 9.48 Å². The lowest BCUT2D eigenvalue weighted by molar-refractivity contribution is 0.363. The predicted molar refractivity (Wildman–Crippen MR) is 115 cm³/mol. The summed E-state index contributed by atoms with van der Waals surface area (Å²) < 4.78 is 82.4. The number of aromatic amines is 1. The van der Waals surface area contributed by atoms with Crippen molar-refractivity contribution >= 4 is 21.0 Å². The monoisotopic (exact) mass is 499 g/mol. The standard InChI is InChI=1S/C21H15F6N5OS/c1-3-18-15-7-11(4-5-14(15)21(33)31-30-18)16-10-29-32(2)20(16)19-12(9-28)6-13(8-17(19)22)34(23,24,25,26)27/h4-8,10H,3H2,1-2H3,(H,31,33). The zero-order valence-electron chi connectivity index (χ0n) is 17.5. The van der Waals surface area contributed by atoms with E-state index in [-0.39, 0.29) is 23.4 Å². The maximum Gasteiger partial charge on any atom is 0.310 e. The van der Waals surface area contributed by atoms with Crippen molar-refractivity contribution in [2.75, 3.05) is 0 Å². The molecular weight excluding hydrogens is 484 g/mol. The lowest BCUT2D eigenvalue weighted by Gasteiger charge is -2.40. The van der Waals surface area contributed by atoms with E-state index in [9.17, 15) is 33.9 Å². The van der Waals surface area contributed by atoms with Gasteiger partial charge in [-0.1, -0.05) is 32.4 Å². The van der Waals surface area contributed by atoms with Crippen LogP contribution in [0.25, 0.3) is 33.2 Å². The fourth-order valence-corrected chi connectivity index (χ4v) is 4.40. The van der Waals surface area contributed by atoms with Crippen LogP contribution >= 0.6 is 10.2 Å². The van der Waals surface area contributed by atoms with Crippen LogP contribution < -0.4 is 5.56 Å². The highest BCUT2D eigenvalue weighted by molar-refractivity contribution is 8.45. The fraction of sp³-hybridized carbons (Fsp3) is 0.143. The third kappa shape index (κ3) is 3.90. The molecule has 178 valence electrons. The summed E-state index contributed by atoms with van der Waals surface area (Å²) in [7, 11) is -8.87. The number of benzene rings is 2. The molecule has 1 N–H and O–H groups in total. The molecule has 0 aliphatic rings. The second-order valence-corrected chi connectivity index (χ2v) is 9.96. The number of H-pyrrole nitrogens is 1. The predicted octanol–water partition coefficient (Wildman–Crippen LogP) is 6.22. The molecule has 2 heterocycles. The Morgan fingerprint density at radius 1 is 1.12 bits per heavy atom. The molecule has 0 aliphatic heterocycles. The van der Waals surface area contributed by atoms with Crippen molar-refractivity contribution in [2.24, 2.45) is 7.05 Å². The highest BCUT2D eigenvalue weighted by atomic mass is 32.5. The van der Waals surface area contributed by atoms with Gasteiger partial charge in [-0.05, 0) is 36.2 Å². The van der Waals surface area contributed by atoms with Gasteiger partial charge >= 0.3 is 10.2 Å². The summed E-state index contributed by atoms with van der Waals surface area (Å²) in [5.41, 5.74) is -0.900. The number of aryl methyl sites for hydroxylation is 2. The Kier molecular flexibility index (Phi) is 4.72. The number of nitriles is 1. The third-order valence-corrected chi connectivity index (χ3v) is 6.45. The SMILES string of the molecule is CCc1n[nH]c(=O)c2ccc(-c3cnn(C)c3-c3c(F)cc(S(F)(F)(F)(F)F)cc3C#N)cc12. The summed E-state index contributed by atoms with van der Waals surface area (Å²) in [5.74, 6) is -1.65. The molecule has 0 atom stereocenters. The number of fused-ring (bicyclic) bond motifs is 1. The minimum Gasteiger partial charge on any atom is -0.267 e. The van der Waals surface area contributed by atoms with E-state index in [1.54, 1.807) is 6.07 Å². The van der Waals surface area contributed by atoms with Gasteiger partial charge in [0.2, 0.25) is 0 Å². The quantitative estimate of drug-likeness (QED) is 0.338. The van der Waals surface area contributed by atoms with Crippen molar-refractivity contribution < 1.29 is 23.8 Å². The molecule has 0 fully saturated rings. The third-order valence-electron chi connectivity index (χ3n) is 5.32. The summed E-state index contributed by atoms with van der Waals surface area (Å²) in [6.45, 7) is 1.82. The highest BCUT2D eigenvalue weighted by Crippen LogP contribution is 3.02. The fourth-order valence-electron chi connectivity index (χ4n) is 3.74. The van der Waals surface area contributed by atoms with Crippen molar-refractivity contribution in [3.05, 3.63) is 64.0 Å². The van der Waals surface area contributed by atoms with Gasteiger partial charge in [0.15, 0.2) is 0 Å². The number of rotatable bonds is 4. The smallest absolute Gasteiger partial charge is 0.267 e. The van der Waals surface area contributed by atoms with Crippen LogP contribution in [-0.2, 0) is 13.5 Å². The van der Waals surface area contributed by atoms with Gasteiger partial charge < -0.3 is 0 Å². The largest absolute Gasteiger partial charge is 0.310 e. The second-order valence-electron chi connectivity index (χ2n) is 7.55. The first-order valence-corrected chi connectivity index (χ1v) is 11.6. The maximum atomic E-state index is 15.0. The topological polar surface area (TPSA) is 87.4 Å². The minimum absolute atomic E-state index is 0.0597. The Morgan fingerprint density at radius 3 is 2.44 bits per heavy atom. The van der Waals surface area contributed by atoms with Gasteiger partial charge in [0.1, 0.15) is 10.7 Å². The average Bonchev–Trinajstić information content (AvgIpc) is 3.12. The van der Waals surface area contributed by atoms with Crippen molar-refractivity contribution in [3.8, 4) is 28.5 Å². The van der Waals surface area contributed by atoms with Crippen molar-refractivity contribution in [1.29, 1.82) is 5.26 Å². The number of nitrogens with one attached hydrogen (secondary N) is 1. The van der Waals surface area contributed by atoms with Gasteiger partial charge in [0, 0.05) is 18.0 Å². The first-order valence-electron chi connectivity index (χ1n) is 9.66. The summed E-state index contributed by atoms with van der Waals surface area (Å²) in [4.78, 5) is 9.61. The molecule has 6 nitrogen and oxygen atoms in total. The highest BCUT2D eigenvalue weighted by Gasteiger charge is 2.65. The molecule has 0 radical (unpaired) electrons. The summed E-state index contributed by atoms with van der Waals surface area (Å²) in [6, 6.07) is 5.62. The molecule has 34 heavy (non-hydrogen) atoms. The second kappa shape index (κ2) is 6.86. The van der Waals surface area contributed by atoms with Crippen LogP contribution in [0.2, 0.25) is 0 Å². The van der Waals surface area contributed by atoms with Crippen LogP contribution in [0.15, 0.2) is 46.2 Å². The molecule has 0 aliphatic carbocycles. The molecule has 0 spiro atoms. The Bertz CT molecular complexity index is 1590. The maximum absolute atomic E-state index is 15.0. The van der Waals surface area contributed by atoms with Crippen LogP contribution in [-0.4, -0.2) is 20.0 Å². The Balaban J connectivity index is 2.01. The number of hydrogen-bond acceptors (Lipinski definition) is 4. The molecule has 0 saturated carbocycles. The van der Waals surface area contributed by atoms with Gasteiger partial charge in [-0.15, -0.1) is 0 Å². The van der Waals surface area contributed by atoms with E-state index in [4.69, 9.17) is 0 Å². The Labute approximate surface area is 188 Å². The van der Waals surface area contributed by atoms with Crippen LogP contribution in [0.3, 0.4) is 0 Å². The molecule has 0 unspecified atom stereocenters. The van der Waals surface area contributed by atoms with Gasteiger partial charge in [0.25, 0.3) is 5.56 Å². The lowest BCUT2D eigenvalue weighted by atomic mass is 9.96. The molecule has 13 heteroatoms. The van der Waals surface area contributed by atoms with Crippen molar-refractivity contribution in [3.63, 3.8) is 0 Å². The van der Waals surface area contributed by atoms with Gasteiger partial charge in [-0.2, -0.15) is 15.5 Å². The van der Waals surface area contributed by atoms with E-state index in [0.717, 1.165) is 4.68 Å². The normalized spacial score (nSPS) is 14.0. The van der Waals surface area contributed by atoms with E-state index >= 15 is 0 Å². The summed E-state index contributed by atoms with van der Waals surface area (Å²) in [6.07, 6.45) is 1.77. The Morgan fingerprint density at radius 2 is 1.82 bits per heavy atom. The van der Waals surface area contributed by atoms with Crippen LogP contribution in [0.4, 0.5) is 23.8 Å². The van der Waals surface area contributed by atoms with E-state index < -0.39 is 37.6 Å². The molecule has 2 aromatic carbocycles. The molecule has 4 rings (SSSR count). The van der Waals surface area contributed by atoms with E-state index in [2.05, 4.69) is 15.3 Å². The first-order chi connectivity index (χ1) is 15.6. The molecule has 4 aromatic rings. The number of hydrogen-bond donors (Lipinski definition) is 1. The minimum atomic E-state index is -10.2. The van der Waals surface area contributed by atoms with Crippen LogP contribution in [0.1, 0.15) is 18.2 Å². The van der Waals surface area contributed by atoms with Crippen molar-refractivity contribution in [2.45, 2.75) is 18.2 Å². The molecule has 2 aromatic heterocycles. The van der Waals surface area contributed by atoms with Gasteiger partial charge in [0.05, 0.1) is 40.2 Å². The zero-order valence-corrected chi connectivity index (χ0v) is 18.4. The summed E-state index contributed by atoms with van der Waals surface area (Å²) in [5, 5.41) is 20.6. The Hall–Kier alpha value is -3.79. The van der Waals surface area contributed by atoms with Gasteiger partial charge in [-0.25, -0.2) is 9.49 Å². The molecule has 0 saturated heterocycles. The summed E-state index contributed by atoms with van der Waals surface area (Å²) >= 11 is 0. The van der Waals surface area contributed by atoms with Crippen molar-refractivity contribution in [1.82, 2.24) is 20.0 Å². The number of halogens is 6. The lowest BCUT2D eigenvalue weighted by Crippen LogP contribution is -2.10. The molecule has 0 amide bonds. The average molecular weight is 499 g/mol. The zero-order chi connectivity index (χ0) is 25.1. The van der Waals surface area contributed by atoms with Crippen LogP contribution in [0.5, 0.6) is 0 Å². The van der Waals surface area contributed by atoms with E-state index in [0.29, 0.717) is 28.5 Å². The number of nitrogens with zero attached hydrogens (tertiary/aromatic N) is 4. The number of aromatic nitrogens is 4. The first kappa shape index (κ1) is 23.4. The van der Waals surface area contributed by atoms with Crippen LogP contribution in [0, 0.1) is 17.1 Å². The molecular formula is C21H15F6N5OS. The van der Waals surface area contributed by atoms with E-state index in [1.807, 2.05) is 6.92 Å².